The van der Waals surface area contributed by atoms with E-state index in [1.165, 1.54) is 5.56 Å². The van der Waals surface area contributed by atoms with Gasteiger partial charge in [-0.3, -0.25) is 5.84 Å². The largest absolute Gasteiger partial charge is 0.493 e. The minimum absolute atomic E-state index is 0.0178. The Morgan fingerprint density at radius 1 is 1.14 bits per heavy atom. The molecule has 3 rings (SSSR count). The molecule has 4 heteroatoms. The van der Waals surface area contributed by atoms with E-state index in [1.54, 1.807) is 0 Å². The Hall–Kier alpha value is -2.04. The fourth-order valence-electron chi connectivity index (χ4n) is 2.75. The third-order valence-corrected chi connectivity index (χ3v) is 3.93. The summed E-state index contributed by atoms with van der Waals surface area (Å²) in [5.41, 5.74) is 7.68. The Labute approximate surface area is 125 Å². The summed E-state index contributed by atoms with van der Waals surface area (Å²) in [7, 11) is 4.08. The number of nitrogens with two attached hydrogens (primary N) is 1. The van der Waals surface area contributed by atoms with Crippen LogP contribution in [0.3, 0.4) is 0 Å². The molecule has 0 fully saturated rings. The molecule has 21 heavy (non-hydrogen) atoms. The Bertz CT molecular complexity index is 640. The quantitative estimate of drug-likeness (QED) is 0.667. The second kappa shape index (κ2) is 5.76. The van der Waals surface area contributed by atoms with Crippen molar-refractivity contribution in [3.63, 3.8) is 0 Å². The van der Waals surface area contributed by atoms with Crippen molar-refractivity contribution in [2.24, 2.45) is 5.84 Å². The molecule has 0 spiro atoms. The number of nitrogens with one attached hydrogen (secondary N) is 1. The fraction of sp³-hybridized carbons (Fsp3) is 0.294. The average Bonchev–Trinajstić information content (AvgIpc) is 2.96. The zero-order chi connectivity index (χ0) is 14.8. The van der Waals surface area contributed by atoms with Crippen molar-refractivity contribution in [2.75, 3.05) is 25.6 Å². The number of anilines is 1. The maximum atomic E-state index is 5.81. The summed E-state index contributed by atoms with van der Waals surface area (Å²) in [4.78, 5) is 2.09. The van der Waals surface area contributed by atoms with Crippen LogP contribution in [0.4, 0.5) is 5.69 Å². The van der Waals surface area contributed by atoms with Crippen LogP contribution in [0.2, 0.25) is 0 Å². The maximum absolute atomic E-state index is 5.81. The molecule has 1 unspecified atom stereocenters. The van der Waals surface area contributed by atoms with Crippen LogP contribution in [-0.4, -0.2) is 20.7 Å². The molecule has 0 radical (unpaired) electrons. The van der Waals surface area contributed by atoms with E-state index in [2.05, 4.69) is 46.7 Å². The number of hydrogen-bond acceptors (Lipinski definition) is 4. The molecular weight excluding hydrogens is 262 g/mol. The van der Waals surface area contributed by atoms with Crippen LogP contribution in [0.25, 0.3) is 0 Å². The van der Waals surface area contributed by atoms with Crippen LogP contribution in [0.1, 0.15) is 22.7 Å². The van der Waals surface area contributed by atoms with Gasteiger partial charge < -0.3 is 9.64 Å². The lowest BCUT2D eigenvalue weighted by molar-refractivity contribution is 0.357. The van der Waals surface area contributed by atoms with E-state index < -0.39 is 0 Å². The zero-order valence-corrected chi connectivity index (χ0v) is 12.5. The first-order valence-electron chi connectivity index (χ1n) is 7.18. The highest BCUT2D eigenvalue weighted by atomic mass is 16.5. The van der Waals surface area contributed by atoms with Crippen LogP contribution in [0.15, 0.2) is 42.5 Å². The van der Waals surface area contributed by atoms with Crippen LogP contribution >= 0.6 is 0 Å². The van der Waals surface area contributed by atoms with Crippen LogP contribution < -0.4 is 20.9 Å². The molecule has 1 heterocycles. The Morgan fingerprint density at radius 3 is 2.71 bits per heavy atom. The van der Waals surface area contributed by atoms with Crippen LogP contribution in [0.5, 0.6) is 5.75 Å². The number of rotatable bonds is 4. The van der Waals surface area contributed by atoms with Crippen molar-refractivity contribution in [1.29, 1.82) is 0 Å². The standard InChI is InChI=1S/C17H21N3O/c1-20(2)15-5-3-4-13(11-15)17(19-18)14-6-7-16-12(10-14)8-9-21-16/h3-7,10-11,17,19H,8-9,18H2,1-2H3. The fourth-order valence-corrected chi connectivity index (χ4v) is 2.75. The number of nitrogens with zero attached hydrogens (tertiary/aromatic N) is 1. The highest BCUT2D eigenvalue weighted by molar-refractivity contribution is 5.50. The van der Waals surface area contributed by atoms with Gasteiger partial charge in [-0.05, 0) is 34.9 Å². The SMILES string of the molecule is CN(C)c1cccc(C(NN)c2ccc3c(c2)CCO3)c1. The summed E-state index contributed by atoms with van der Waals surface area (Å²) in [6, 6.07) is 14.7. The summed E-state index contributed by atoms with van der Waals surface area (Å²) >= 11 is 0. The van der Waals surface area contributed by atoms with Gasteiger partial charge in [-0.2, -0.15) is 0 Å². The van der Waals surface area contributed by atoms with E-state index in [0.29, 0.717) is 0 Å². The van der Waals surface area contributed by atoms with E-state index in [9.17, 15) is 0 Å². The van der Waals surface area contributed by atoms with Crippen molar-refractivity contribution in [2.45, 2.75) is 12.5 Å². The lowest BCUT2D eigenvalue weighted by Gasteiger charge is -2.20. The molecule has 0 amide bonds. The first-order chi connectivity index (χ1) is 10.2. The Kier molecular flexibility index (Phi) is 3.82. The normalized spacial score (nSPS) is 14.4. The van der Waals surface area contributed by atoms with E-state index in [-0.39, 0.29) is 6.04 Å². The number of benzene rings is 2. The monoisotopic (exact) mass is 283 g/mol. The van der Waals surface area contributed by atoms with Gasteiger partial charge in [0.05, 0.1) is 12.6 Å². The average molecular weight is 283 g/mol. The molecule has 2 aromatic carbocycles. The summed E-state index contributed by atoms with van der Waals surface area (Å²) < 4.78 is 5.56. The highest BCUT2D eigenvalue weighted by Crippen LogP contribution is 2.31. The molecule has 2 aromatic rings. The molecule has 110 valence electrons. The lowest BCUT2D eigenvalue weighted by Crippen LogP contribution is -2.29. The van der Waals surface area contributed by atoms with Gasteiger partial charge in [0.15, 0.2) is 0 Å². The van der Waals surface area contributed by atoms with E-state index in [4.69, 9.17) is 10.6 Å². The summed E-state index contributed by atoms with van der Waals surface area (Å²) in [5.74, 6) is 6.81. The molecular formula is C17H21N3O. The summed E-state index contributed by atoms with van der Waals surface area (Å²) in [6.07, 6.45) is 0.970. The van der Waals surface area contributed by atoms with Crippen molar-refractivity contribution in [1.82, 2.24) is 5.43 Å². The van der Waals surface area contributed by atoms with Gasteiger partial charge in [0.2, 0.25) is 0 Å². The zero-order valence-electron chi connectivity index (χ0n) is 12.5. The summed E-state index contributed by atoms with van der Waals surface area (Å²) in [5, 5.41) is 0. The first kappa shape index (κ1) is 13.9. The van der Waals surface area contributed by atoms with Gasteiger partial charge in [0.1, 0.15) is 5.75 Å². The molecule has 1 aliphatic heterocycles. The van der Waals surface area contributed by atoms with Gasteiger partial charge in [-0.25, -0.2) is 5.43 Å². The minimum atomic E-state index is -0.0178. The predicted octanol–water partition coefficient (Wildman–Crippen LogP) is 2.24. The lowest BCUT2D eigenvalue weighted by atomic mass is 9.96. The van der Waals surface area contributed by atoms with Gasteiger partial charge in [0.25, 0.3) is 0 Å². The minimum Gasteiger partial charge on any atom is -0.493 e. The molecule has 0 aliphatic carbocycles. The van der Waals surface area contributed by atoms with Crippen molar-refractivity contribution < 1.29 is 4.74 Å². The molecule has 3 N–H and O–H groups in total. The molecule has 0 bridgehead atoms. The number of hydrazine groups is 1. The molecule has 1 atom stereocenters. The Morgan fingerprint density at radius 2 is 1.95 bits per heavy atom. The summed E-state index contributed by atoms with van der Waals surface area (Å²) in [6.45, 7) is 0.773. The Balaban J connectivity index is 1.96. The van der Waals surface area contributed by atoms with Gasteiger partial charge in [0, 0.05) is 26.2 Å². The smallest absolute Gasteiger partial charge is 0.122 e. The van der Waals surface area contributed by atoms with E-state index in [1.807, 2.05) is 20.2 Å². The van der Waals surface area contributed by atoms with E-state index >= 15 is 0 Å². The third-order valence-electron chi connectivity index (χ3n) is 3.93. The second-order valence-electron chi connectivity index (χ2n) is 5.55. The van der Waals surface area contributed by atoms with Crippen LogP contribution in [-0.2, 0) is 6.42 Å². The van der Waals surface area contributed by atoms with Crippen molar-refractivity contribution >= 4 is 5.69 Å². The number of fused-ring (bicyclic) bond motifs is 1. The molecule has 1 aliphatic rings. The topological polar surface area (TPSA) is 50.5 Å². The van der Waals surface area contributed by atoms with Crippen molar-refractivity contribution in [3.8, 4) is 5.75 Å². The second-order valence-corrected chi connectivity index (χ2v) is 5.55. The van der Waals surface area contributed by atoms with E-state index in [0.717, 1.165) is 35.6 Å². The molecule has 0 saturated carbocycles. The number of ether oxygens (including phenoxy) is 1. The van der Waals surface area contributed by atoms with Crippen LogP contribution in [0, 0.1) is 0 Å². The maximum Gasteiger partial charge on any atom is 0.122 e. The van der Waals surface area contributed by atoms with Gasteiger partial charge >= 0.3 is 0 Å². The molecule has 4 nitrogen and oxygen atoms in total. The third kappa shape index (κ3) is 2.73. The van der Waals surface area contributed by atoms with Crippen molar-refractivity contribution in [3.05, 3.63) is 59.2 Å². The number of hydrogen-bond donors (Lipinski definition) is 2. The molecule has 0 aromatic heterocycles. The predicted molar refractivity (Wildman–Crippen MR) is 85.6 cm³/mol. The first-order valence-corrected chi connectivity index (χ1v) is 7.18. The highest BCUT2D eigenvalue weighted by Gasteiger charge is 2.18. The van der Waals surface area contributed by atoms with Gasteiger partial charge in [-0.15, -0.1) is 0 Å². The van der Waals surface area contributed by atoms with Gasteiger partial charge in [-0.1, -0.05) is 24.3 Å². The molecule has 0 saturated heterocycles.